The van der Waals surface area contributed by atoms with E-state index < -0.39 is 11.9 Å². The van der Waals surface area contributed by atoms with Crippen LogP contribution in [-0.4, -0.2) is 31.1 Å². The van der Waals surface area contributed by atoms with Gasteiger partial charge in [0.15, 0.2) is 0 Å². The molecule has 92 valence electrons. The van der Waals surface area contributed by atoms with E-state index in [9.17, 15) is 9.59 Å². The van der Waals surface area contributed by atoms with Gasteiger partial charge in [0.2, 0.25) is 0 Å². The molecule has 0 amide bonds. The van der Waals surface area contributed by atoms with Crippen LogP contribution in [0.2, 0.25) is 0 Å². The SMILES string of the molecule is COC(=O)c1cc(C(=O)OC)c2ncccc2c1. The average Bonchev–Trinajstić information content (AvgIpc) is 2.44. The maximum Gasteiger partial charge on any atom is 0.340 e. The van der Waals surface area contributed by atoms with Crippen LogP contribution in [0.25, 0.3) is 10.9 Å². The standard InChI is InChI=1S/C13H11NO4/c1-17-12(15)9-6-8-4-3-5-14-11(8)10(7-9)13(16)18-2/h3-7H,1-2H3. The van der Waals surface area contributed by atoms with Crippen molar-refractivity contribution in [3.63, 3.8) is 0 Å². The quantitative estimate of drug-likeness (QED) is 0.755. The molecule has 0 fully saturated rings. The van der Waals surface area contributed by atoms with Gasteiger partial charge in [0.25, 0.3) is 0 Å². The van der Waals surface area contributed by atoms with Gasteiger partial charge in [-0.05, 0) is 18.2 Å². The first-order valence-electron chi connectivity index (χ1n) is 5.22. The molecule has 5 nitrogen and oxygen atoms in total. The highest BCUT2D eigenvalue weighted by Crippen LogP contribution is 2.20. The zero-order valence-corrected chi connectivity index (χ0v) is 9.97. The topological polar surface area (TPSA) is 65.5 Å². The Hall–Kier alpha value is -2.43. The van der Waals surface area contributed by atoms with Gasteiger partial charge in [-0.3, -0.25) is 4.98 Å². The fraction of sp³-hybridized carbons (Fsp3) is 0.154. The Bertz CT molecular complexity index is 621. The molecule has 2 rings (SSSR count). The van der Waals surface area contributed by atoms with Crippen LogP contribution < -0.4 is 0 Å². The molecule has 0 saturated heterocycles. The third-order valence-corrected chi connectivity index (χ3v) is 2.53. The molecule has 1 aromatic carbocycles. The van der Waals surface area contributed by atoms with Gasteiger partial charge in [-0.15, -0.1) is 0 Å². The van der Waals surface area contributed by atoms with Gasteiger partial charge in [0.1, 0.15) is 0 Å². The van der Waals surface area contributed by atoms with Crippen molar-refractivity contribution < 1.29 is 19.1 Å². The second kappa shape index (κ2) is 4.83. The molecule has 1 aromatic heterocycles. The molecule has 0 aliphatic rings. The molecule has 5 heteroatoms. The number of aromatic nitrogens is 1. The van der Waals surface area contributed by atoms with Gasteiger partial charge in [-0.25, -0.2) is 9.59 Å². The van der Waals surface area contributed by atoms with Gasteiger partial charge in [-0.2, -0.15) is 0 Å². The normalized spacial score (nSPS) is 10.1. The number of fused-ring (bicyclic) bond motifs is 1. The monoisotopic (exact) mass is 245 g/mol. The van der Waals surface area contributed by atoms with E-state index in [0.29, 0.717) is 16.5 Å². The lowest BCUT2D eigenvalue weighted by molar-refractivity contribution is 0.0600. The minimum atomic E-state index is -0.538. The van der Waals surface area contributed by atoms with Gasteiger partial charge in [0, 0.05) is 11.6 Å². The van der Waals surface area contributed by atoms with Crippen molar-refractivity contribution in [2.24, 2.45) is 0 Å². The molecular weight excluding hydrogens is 234 g/mol. The maximum absolute atomic E-state index is 11.7. The molecular formula is C13H11NO4. The van der Waals surface area contributed by atoms with Crippen LogP contribution in [0.1, 0.15) is 20.7 Å². The number of pyridine rings is 1. The molecule has 2 aromatic rings. The molecule has 1 heterocycles. The lowest BCUT2D eigenvalue weighted by atomic mass is 10.1. The predicted octanol–water partition coefficient (Wildman–Crippen LogP) is 1.81. The fourth-order valence-electron chi connectivity index (χ4n) is 1.69. The van der Waals surface area contributed by atoms with Gasteiger partial charge < -0.3 is 9.47 Å². The van der Waals surface area contributed by atoms with Crippen molar-refractivity contribution in [3.8, 4) is 0 Å². The van der Waals surface area contributed by atoms with Crippen molar-refractivity contribution in [2.75, 3.05) is 14.2 Å². The lowest BCUT2D eigenvalue weighted by Gasteiger charge is -2.06. The number of rotatable bonds is 2. The van der Waals surface area contributed by atoms with Crippen LogP contribution in [0.15, 0.2) is 30.5 Å². The number of hydrogen-bond acceptors (Lipinski definition) is 5. The molecule has 0 radical (unpaired) electrons. The molecule has 0 spiro atoms. The molecule has 0 bridgehead atoms. The van der Waals surface area contributed by atoms with Gasteiger partial charge >= 0.3 is 11.9 Å². The van der Waals surface area contributed by atoms with Gasteiger partial charge in [0.05, 0.1) is 30.9 Å². The Balaban J connectivity index is 2.72. The van der Waals surface area contributed by atoms with E-state index in [1.807, 2.05) is 0 Å². The summed E-state index contributed by atoms with van der Waals surface area (Å²) in [5, 5.41) is 0.681. The van der Waals surface area contributed by atoms with Crippen molar-refractivity contribution in [1.82, 2.24) is 4.98 Å². The molecule has 0 N–H and O–H groups in total. The molecule has 0 aliphatic carbocycles. The summed E-state index contributed by atoms with van der Waals surface area (Å²) in [5.74, 6) is -1.05. The zero-order chi connectivity index (χ0) is 13.1. The van der Waals surface area contributed by atoms with Crippen molar-refractivity contribution in [1.29, 1.82) is 0 Å². The average molecular weight is 245 g/mol. The highest BCUT2D eigenvalue weighted by atomic mass is 16.5. The first-order valence-corrected chi connectivity index (χ1v) is 5.22. The van der Waals surface area contributed by atoms with E-state index in [4.69, 9.17) is 0 Å². The zero-order valence-electron chi connectivity index (χ0n) is 9.97. The first-order chi connectivity index (χ1) is 8.67. The Morgan fingerprint density at radius 2 is 1.83 bits per heavy atom. The summed E-state index contributed by atoms with van der Waals surface area (Å²) < 4.78 is 9.32. The fourth-order valence-corrected chi connectivity index (χ4v) is 1.69. The van der Waals surface area contributed by atoms with E-state index in [0.717, 1.165) is 0 Å². The smallest absolute Gasteiger partial charge is 0.340 e. The lowest BCUT2D eigenvalue weighted by Crippen LogP contribution is -2.07. The summed E-state index contributed by atoms with van der Waals surface area (Å²) in [6.45, 7) is 0. The van der Waals surface area contributed by atoms with Crippen LogP contribution in [0.4, 0.5) is 0 Å². The highest BCUT2D eigenvalue weighted by Gasteiger charge is 2.16. The number of ether oxygens (including phenoxy) is 2. The molecule has 0 unspecified atom stereocenters. The number of hydrogen-bond donors (Lipinski definition) is 0. The van der Waals surface area contributed by atoms with Crippen LogP contribution in [-0.2, 0) is 9.47 Å². The highest BCUT2D eigenvalue weighted by molar-refractivity contribution is 6.06. The third kappa shape index (κ3) is 2.02. The van der Waals surface area contributed by atoms with Crippen molar-refractivity contribution in [2.45, 2.75) is 0 Å². The van der Waals surface area contributed by atoms with Crippen LogP contribution in [0, 0.1) is 0 Å². The summed E-state index contributed by atoms with van der Waals surface area (Å²) in [6, 6.07) is 6.54. The number of esters is 2. The number of benzene rings is 1. The first kappa shape index (κ1) is 12.0. The number of methoxy groups -OCH3 is 2. The summed E-state index contributed by atoms with van der Waals surface area (Å²) >= 11 is 0. The number of carbonyl (C=O) groups is 2. The Kier molecular flexibility index (Phi) is 3.23. The summed E-state index contributed by atoms with van der Waals surface area (Å²) in [4.78, 5) is 27.3. The minimum Gasteiger partial charge on any atom is -0.465 e. The molecule has 18 heavy (non-hydrogen) atoms. The molecule has 0 aliphatic heterocycles. The maximum atomic E-state index is 11.7. The van der Waals surface area contributed by atoms with Crippen molar-refractivity contribution >= 4 is 22.8 Å². The summed E-state index contributed by atoms with van der Waals surface area (Å²) in [6.07, 6.45) is 1.58. The third-order valence-electron chi connectivity index (χ3n) is 2.53. The second-order valence-corrected chi connectivity index (χ2v) is 3.58. The van der Waals surface area contributed by atoms with E-state index in [-0.39, 0.29) is 5.56 Å². The largest absolute Gasteiger partial charge is 0.465 e. The summed E-state index contributed by atoms with van der Waals surface area (Å²) in [5.41, 5.74) is 1.03. The summed E-state index contributed by atoms with van der Waals surface area (Å²) in [7, 11) is 2.56. The Morgan fingerprint density at radius 1 is 1.11 bits per heavy atom. The molecule has 0 saturated carbocycles. The van der Waals surface area contributed by atoms with E-state index in [2.05, 4.69) is 14.5 Å². The van der Waals surface area contributed by atoms with E-state index >= 15 is 0 Å². The van der Waals surface area contributed by atoms with E-state index in [1.165, 1.54) is 20.3 Å². The Labute approximate surface area is 103 Å². The van der Waals surface area contributed by atoms with Gasteiger partial charge in [-0.1, -0.05) is 6.07 Å². The number of nitrogens with zero attached hydrogens (tertiary/aromatic N) is 1. The van der Waals surface area contributed by atoms with Crippen LogP contribution in [0.3, 0.4) is 0 Å². The van der Waals surface area contributed by atoms with E-state index in [1.54, 1.807) is 24.4 Å². The molecule has 0 atom stereocenters. The predicted molar refractivity (Wildman–Crippen MR) is 64.4 cm³/mol. The van der Waals surface area contributed by atoms with Crippen molar-refractivity contribution in [3.05, 3.63) is 41.6 Å². The van der Waals surface area contributed by atoms with Crippen LogP contribution >= 0.6 is 0 Å². The minimum absolute atomic E-state index is 0.246. The second-order valence-electron chi connectivity index (χ2n) is 3.58. The Morgan fingerprint density at radius 3 is 2.50 bits per heavy atom. The number of carbonyl (C=O) groups excluding carboxylic acids is 2. The van der Waals surface area contributed by atoms with Crippen LogP contribution in [0.5, 0.6) is 0 Å².